The Kier molecular flexibility index (Phi) is 4.71. The number of carbonyl (C=O) groups is 1. The molecule has 0 bridgehead atoms. The van der Waals surface area contributed by atoms with Gasteiger partial charge < -0.3 is 9.64 Å². The van der Waals surface area contributed by atoms with E-state index in [0.717, 1.165) is 18.1 Å². The predicted octanol–water partition coefficient (Wildman–Crippen LogP) is 3.42. The lowest BCUT2D eigenvalue weighted by Crippen LogP contribution is -2.17. The molecule has 0 spiro atoms. The van der Waals surface area contributed by atoms with E-state index in [-0.39, 0.29) is 5.97 Å². The van der Waals surface area contributed by atoms with Crippen molar-refractivity contribution in [2.75, 3.05) is 18.1 Å². The first-order valence-electron chi connectivity index (χ1n) is 6.72. The van der Waals surface area contributed by atoms with Crippen LogP contribution in [0.4, 0.5) is 11.5 Å². The third-order valence-corrected chi connectivity index (χ3v) is 2.92. The topological polar surface area (TPSA) is 42.4 Å². The Balaban J connectivity index is 2.22. The lowest BCUT2D eigenvalue weighted by Gasteiger charge is -2.22. The molecule has 1 aromatic carbocycles. The molecule has 0 saturated heterocycles. The summed E-state index contributed by atoms with van der Waals surface area (Å²) in [6.45, 7) is 5.02. The van der Waals surface area contributed by atoms with Gasteiger partial charge in [-0.1, -0.05) is 18.2 Å². The Morgan fingerprint density at radius 3 is 2.45 bits per heavy atom. The summed E-state index contributed by atoms with van der Waals surface area (Å²) in [4.78, 5) is 18.0. The molecule has 0 aliphatic rings. The zero-order valence-corrected chi connectivity index (χ0v) is 11.7. The largest absolute Gasteiger partial charge is 0.462 e. The minimum atomic E-state index is -0.339. The number of esters is 1. The van der Waals surface area contributed by atoms with Gasteiger partial charge in [0.1, 0.15) is 5.82 Å². The second kappa shape index (κ2) is 6.70. The molecule has 1 heterocycles. The lowest BCUT2D eigenvalue weighted by atomic mass is 10.2. The predicted molar refractivity (Wildman–Crippen MR) is 79.3 cm³/mol. The second-order valence-electron chi connectivity index (χ2n) is 4.21. The molecule has 1 aromatic heterocycles. The van der Waals surface area contributed by atoms with Crippen molar-refractivity contribution >= 4 is 17.5 Å². The fourth-order valence-electron chi connectivity index (χ4n) is 1.97. The quantitative estimate of drug-likeness (QED) is 0.781. The number of nitrogens with zero attached hydrogens (tertiary/aromatic N) is 2. The van der Waals surface area contributed by atoms with Crippen LogP contribution >= 0.6 is 0 Å². The van der Waals surface area contributed by atoms with Crippen molar-refractivity contribution in [1.29, 1.82) is 0 Å². The van der Waals surface area contributed by atoms with E-state index in [1.807, 2.05) is 36.4 Å². The Morgan fingerprint density at radius 1 is 1.15 bits per heavy atom. The molecule has 0 aliphatic heterocycles. The molecule has 0 radical (unpaired) electrons. The molecule has 4 nitrogen and oxygen atoms in total. The highest BCUT2D eigenvalue weighted by molar-refractivity contribution is 5.89. The molecule has 0 atom stereocenters. The molecule has 0 aliphatic carbocycles. The van der Waals surface area contributed by atoms with Gasteiger partial charge in [-0.2, -0.15) is 0 Å². The minimum Gasteiger partial charge on any atom is -0.462 e. The fraction of sp³-hybridized carbons (Fsp3) is 0.250. The maximum Gasteiger partial charge on any atom is 0.339 e. The van der Waals surface area contributed by atoms with Gasteiger partial charge in [0, 0.05) is 18.4 Å². The number of hydrogen-bond donors (Lipinski definition) is 0. The van der Waals surface area contributed by atoms with E-state index in [4.69, 9.17) is 4.74 Å². The van der Waals surface area contributed by atoms with Crippen LogP contribution in [-0.2, 0) is 4.74 Å². The van der Waals surface area contributed by atoms with Crippen LogP contribution in [0.5, 0.6) is 0 Å². The van der Waals surface area contributed by atoms with Crippen molar-refractivity contribution in [3.63, 3.8) is 0 Å². The first-order valence-corrected chi connectivity index (χ1v) is 6.72. The number of benzene rings is 1. The van der Waals surface area contributed by atoms with Gasteiger partial charge in [0.2, 0.25) is 0 Å². The van der Waals surface area contributed by atoms with Gasteiger partial charge in [-0.25, -0.2) is 9.78 Å². The highest BCUT2D eigenvalue weighted by Gasteiger charge is 2.11. The smallest absolute Gasteiger partial charge is 0.339 e. The van der Waals surface area contributed by atoms with Crippen molar-refractivity contribution < 1.29 is 9.53 Å². The Bertz CT molecular complexity index is 552. The molecule has 4 heteroatoms. The zero-order chi connectivity index (χ0) is 14.4. The minimum absolute atomic E-state index is 0.339. The molecule has 0 N–H and O–H groups in total. The van der Waals surface area contributed by atoms with E-state index >= 15 is 0 Å². The van der Waals surface area contributed by atoms with Crippen LogP contribution in [0.25, 0.3) is 0 Å². The third-order valence-electron chi connectivity index (χ3n) is 2.92. The Morgan fingerprint density at radius 2 is 1.90 bits per heavy atom. The number of carbonyl (C=O) groups excluding carboxylic acids is 1. The molecular formula is C16H18N2O2. The van der Waals surface area contributed by atoms with Gasteiger partial charge in [0.25, 0.3) is 0 Å². The Hall–Kier alpha value is -2.36. The van der Waals surface area contributed by atoms with Gasteiger partial charge in [-0.3, -0.25) is 0 Å². The zero-order valence-electron chi connectivity index (χ0n) is 11.7. The van der Waals surface area contributed by atoms with Crippen LogP contribution in [0.3, 0.4) is 0 Å². The van der Waals surface area contributed by atoms with Crippen LogP contribution in [-0.4, -0.2) is 24.1 Å². The average Bonchev–Trinajstić information content (AvgIpc) is 2.50. The molecule has 0 amide bonds. The number of anilines is 2. The van der Waals surface area contributed by atoms with Crippen LogP contribution < -0.4 is 4.90 Å². The maximum absolute atomic E-state index is 11.6. The molecule has 0 unspecified atom stereocenters. The fourth-order valence-corrected chi connectivity index (χ4v) is 1.97. The maximum atomic E-state index is 11.6. The van der Waals surface area contributed by atoms with E-state index in [9.17, 15) is 4.79 Å². The van der Waals surface area contributed by atoms with Gasteiger partial charge >= 0.3 is 5.97 Å². The molecular weight excluding hydrogens is 252 g/mol. The van der Waals surface area contributed by atoms with Gasteiger partial charge in [-0.05, 0) is 38.1 Å². The van der Waals surface area contributed by atoms with Crippen LogP contribution in [0, 0.1) is 0 Å². The summed E-state index contributed by atoms with van der Waals surface area (Å²) in [5.74, 6) is 0.473. The number of rotatable bonds is 5. The summed E-state index contributed by atoms with van der Waals surface area (Å²) < 4.78 is 4.95. The van der Waals surface area contributed by atoms with E-state index in [2.05, 4.69) is 16.8 Å². The molecule has 2 rings (SSSR count). The van der Waals surface area contributed by atoms with Crippen molar-refractivity contribution in [2.45, 2.75) is 13.8 Å². The van der Waals surface area contributed by atoms with Crippen LogP contribution in [0.15, 0.2) is 48.7 Å². The van der Waals surface area contributed by atoms with Gasteiger partial charge in [0.15, 0.2) is 0 Å². The number of para-hydroxylation sites is 1. The summed E-state index contributed by atoms with van der Waals surface area (Å²) in [7, 11) is 0. The molecule has 2 aromatic rings. The van der Waals surface area contributed by atoms with E-state index in [0.29, 0.717) is 12.2 Å². The molecule has 104 valence electrons. The van der Waals surface area contributed by atoms with Crippen molar-refractivity contribution in [1.82, 2.24) is 4.98 Å². The van der Waals surface area contributed by atoms with Gasteiger partial charge in [0.05, 0.1) is 12.2 Å². The number of ether oxygens (including phenoxy) is 1. The number of pyridine rings is 1. The van der Waals surface area contributed by atoms with Gasteiger partial charge in [-0.15, -0.1) is 0 Å². The highest BCUT2D eigenvalue weighted by Crippen LogP contribution is 2.22. The average molecular weight is 270 g/mol. The molecule has 0 saturated carbocycles. The van der Waals surface area contributed by atoms with Crippen molar-refractivity contribution in [3.05, 3.63) is 54.2 Å². The monoisotopic (exact) mass is 270 g/mol. The first-order chi connectivity index (χ1) is 9.76. The summed E-state index contributed by atoms with van der Waals surface area (Å²) in [5, 5.41) is 0. The normalized spacial score (nSPS) is 10.1. The first kappa shape index (κ1) is 14.1. The second-order valence-corrected chi connectivity index (χ2v) is 4.21. The lowest BCUT2D eigenvalue weighted by molar-refractivity contribution is 0.0526. The van der Waals surface area contributed by atoms with Crippen molar-refractivity contribution in [3.8, 4) is 0 Å². The van der Waals surface area contributed by atoms with Crippen LogP contribution in [0.1, 0.15) is 24.2 Å². The van der Waals surface area contributed by atoms with Crippen LogP contribution in [0.2, 0.25) is 0 Å². The number of aromatic nitrogens is 1. The number of hydrogen-bond acceptors (Lipinski definition) is 4. The summed E-state index contributed by atoms with van der Waals surface area (Å²) in [6.07, 6.45) is 1.55. The molecule has 20 heavy (non-hydrogen) atoms. The van der Waals surface area contributed by atoms with E-state index < -0.39 is 0 Å². The SMILES string of the molecule is CCOC(=O)c1ccc(N(CC)c2ccccc2)nc1. The summed E-state index contributed by atoms with van der Waals surface area (Å²) in [5.41, 5.74) is 1.55. The standard InChI is InChI=1S/C16H18N2O2/c1-3-18(14-8-6-5-7-9-14)15-11-10-13(12-17-15)16(19)20-4-2/h5-12H,3-4H2,1-2H3. The highest BCUT2D eigenvalue weighted by atomic mass is 16.5. The van der Waals surface area contributed by atoms with E-state index in [1.54, 1.807) is 19.2 Å². The summed E-state index contributed by atoms with van der Waals surface area (Å²) in [6, 6.07) is 13.6. The Labute approximate surface area is 119 Å². The summed E-state index contributed by atoms with van der Waals surface area (Å²) >= 11 is 0. The molecule has 0 fully saturated rings. The van der Waals surface area contributed by atoms with Crippen molar-refractivity contribution in [2.24, 2.45) is 0 Å². The third kappa shape index (κ3) is 3.15. The van der Waals surface area contributed by atoms with E-state index in [1.165, 1.54) is 0 Å².